The van der Waals surface area contributed by atoms with Gasteiger partial charge in [-0.25, -0.2) is 0 Å². The second kappa shape index (κ2) is 6.89. The third kappa shape index (κ3) is 4.20. The van der Waals surface area contributed by atoms with Crippen LogP contribution < -0.4 is 11.1 Å². The predicted molar refractivity (Wildman–Crippen MR) is 73.4 cm³/mol. The fraction of sp³-hybridized carbons (Fsp3) is 0.857. The van der Waals surface area contributed by atoms with Gasteiger partial charge in [-0.3, -0.25) is 14.5 Å². The summed E-state index contributed by atoms with van der Waals surface area (Å²) in [6.45, 7) is 1.11. The van der Waals surface area contributed by atoms with Gasteiger partial charge in [0, 0.05) is 6.04 Å². The van der Waals surface area contributed by atoms with E-state index in [9.17, 15) is 9.59 Å². The van der Waals surface area contributed by atoms with Crippen molar-refractivity contribution < 1.29 is 9.59 Å². The molecule has 0 spiro atoms. The lowest BCUT2D eigenvalue weighted by Crippen LogP contribution is -2.52. The van der Waals surface area contributed by atoms with Gasteiger partial charge >= 0.3 is 0 Å². The number of carbonyl (C=O) groups is 2. The van der Waals surface area contributed by atoms with Gasteiger partial charge in [0.1, 0.15) is 0 Å². The standard InChI is InChI=1S/C14H25N3O2/c15-14(19)12-8-4-5-9-17(12)10-13(18)16-11-6-2-1-3-7-11/h11-12H,1-10H2,(H2,15,19)(H,16,18)/t12-/m1/s1. The average Bonchev–Trinajstić information content (AvgIpc) is 2.40. The zero-order chi connectivity index (χ0) is 13.7. The maximum absolute atomic E-state index is 12.0. The molecule has 19 heavy (non-hydrogen) atoms. The Hall–Kier alpha value is -1.10. The molecule has 1 saturated carbocycles. The summed E-state index contributed by atoms with van der Waals surface area (Å²) in [7, 11) is 0. The number of nitrogens with two attached hydrogens (primary N) is 1. The van der Waals surface area contributed by atoms with Crippen LogP contribution in [0.3, 0.4) is 0 Å². The van der Waals surface area contributed by atoms with Gasteiger partial charge in [-0.05, 0) is 32.2 Å². The van der Waals surface area contributed by atoms with Crippen LogP contribution in [0.1, 0.15) is 51.4 Å². The molecule has 1 aliphatic carbocycles. The molecule has 0 bridgehead atoms. The Labute approximate surface area is 114 Å². The maximum Gasteiger partial charge on any atom is 0.234 e. The Morgan fingerprint density at radius 2 is 1.74 bits per heavy atom. The second-order valence-electron chi connectivity index (χ2n) is 5.79. The Morgan fingerprint density at radius 3 is 2.42 bits per heavy atom. The SMILES string of the molecule is NC(=O)[C@H]1CCCCN1CC(=O)NC1CCCCC1. The monoisotopic (exact) mass is 267 g/mol. The van der Waals surface area contributed by atoms with Gasteiger partial charge in [0.15, 0.2) is 0 Å². The molecule has 0 aromatic rings. The maximum atomic E-state index is 12.0. The van der Waals surface area contributed by atoms with Crippen molar-refractivity contribution in [1.29, 1.82) is 0 Å². The number of likely N-dealkylation sites (tertiary alicyclic amines) is 1. The number of rotatable bonds is 4. The molecule has 1 saturated heterocycles. The fourth-order valence-electron chi connectivity index (χ4n) is 3.21. The van der Waals surface area contributed by atoms with Gasteiger partial charge in [-0.2, -0.15) is 0 Å². The highest BCUT2D eigenvalue weighted by molar-refractivity contribution is 5.82. The summed E-state index contributed by atoms with van der Waals surface area (Å²) in [5.74, 6) is -0.259. The first kappa shape index (κ1) is 14.3. The van der Waals surface area contributed by atoms with Crippen LogP contribution >= 0.6 is 0 Å². The van der Waals surface area contributed by atoms with Crippen molar-refractivity contribution in [3.05, 3.63) is 0 Å². The highest BCUT2D eigenvalue weighted by atomic mass is 16.2. The van der Waals surface area contributed by atoms with Crippen LogP contribution in [0.5, 0.6) is 0 Å². The second-order valence-corrected chi connectivity index (χ2v) is 5.79. The molecule has 0 radical (unpaired) electrons. The van der Waals surface area contributed by atoms with Gasteiger partial charge in [0.25, 0.3) is 0 Å². The number of carbonyl (C=O) groups excluding carboxylic acids is 2. The normalized spacial score (nSPS) is 26.0. The average molecular weight is 267 g/mol. The Bertz CT molecular complexity index is 327. The summed E-state index contributed by atoms with van der Waals surface area (Å²) in [5, 5.41) is 3.09. The third-order valence-electron chi connectivity index (χ3n) is 4.26. The van der Waals surface area contributed by atoms with Crippen molar-refractivity contribution in [3.63, 3.8) is 0 Å². The first-order chi connectivity index (χ1) is 9.16. The van der Waals surface area contributed by atoms with Gasteiger partial charge in [0.05, 0.1) is 12.6 Å². The summed E-state index contributed by atoms with van der Waals surface area (Å²) in [5.41, 5.74) is 5.41. The first-order valence-corrected chi connectivity index (χ1v) is 7.49. The largest absolute Gasteiger partial charge is 0.368 e. The number of nitrogens with zero attached hydrogens (tertiary/aromatic N) is 1. The van der Waals surface area contributed by atoms with E-state index >= 15 is 0 Å². The molecule has 1 aliphatic heterocycles. The minimum absolute atomic E-state index is 0.0417. The van der Waals surface area contributed by atoms with E-state index in [0.29, 0.717) is 12.6 Å². The van der Waals surface area contributed by atoms with E-state index in [1.165, 1.54) is 19.3 Å². The lowest BCUT2D eigenvalue weighted by atomic mass is 9.95. The number of amides is 2. The van der Waals surface area contributed by atoms with Crippen molar-refractivity contribution >= 4 is 11.8 Å². The van der Waals surface area contributed by atoms with Gasteiger partial charge in [0.2, 0.25) is 11.8 Å². The van der Waals surface area contributed by atoms with Crippen molar-refractivity contribution in [2.45, 2.75) is 63.5 Å². The molecule has 0 aromatic carbocycles. The van der Waals surface area contributed by atoms with Crippen LogP contribution in [-0.2, 0) is 9.59 Å². The minimum atomic E-state index is -0.301. The molecule has 108 valence electrons. The molecule has 5 nitrogen and oxygen atoms in total. The smallest absolute Gasteiger partial charge is 0.234 e. The first-order valence-electron chi connectivity index (χ1n) is 7.49. The number of hydrogen-bond acceptors (Lipinski definition) is 3. The molecule has 2 aliphatic rings. The quantitative estimate of drug-likeness (QED) is 0.790. The van der Waals surface area contributed by atoms with Crippen LogP contribution in [0.4, 0.5) is 0 Å². The summed E-state index contributed by atoms with van der Waals surface area (Å²) in [4.78, 5) is 25.4. The molecular formula is C14H25N3O2. The van der Waals surface area contributed by atoms with Crippen LogP contribution in [0.25, 0.3) is 0 Å². The molecule has 5 heteroatoms. The number of primary amides is 1. The Balaban J connectivity index is 1.80. The fourth-order valence-corrected chi connectivity index (χ4v) is 3.21. The minimum Gasteiger partial charge on any atom is -0.368 e. The van der Waals surface area contributed by atoms with Crippen LogP contribution in [0.15, 0.2) is 0 Å². The van der Waals surface area contributed by atoms with Gasteiger partial charge in [-0.1, -0.05) is 25.7 Å². The zero-order valence-electron chi connectivity index (χ0n) is 11.6. The zero-order valence-corrected chi connectivity index (χ0v) is 11.6. The molecule has 1 atom stereocenters. The summed E-state index contributed by atoms with van der Waals surface area (Å²) in [6, 6.07) is 0.0731. The van der Waals surface area contributed by atoms with Gasteiger partial charge in [-0.15, -0.1) is 0 Å². The molecule has 0 unspecified atom stereocenters. The van der Waals surface area contributed by atoms with E-state index in [-0.39, 0.29) is 17.9 Å². The van der Waals surface area contributed by atoms with Crippen LogP contribution in [0.2, 0.25) is 0 Å². The summed E-state index contributed by atoms with van der Waals surface area (Å²) >= 11 is 0. The molecule has 2 rings (SSSR count). The summed E-state index contributed by atoms with van der Waals surface area (Å²) in [6.07, 6.45) is 8.72. The van der Waals surface area contributed by atoms with Gasteiger partial charge < -0.3 is 11.1 Å². The van der Waals surface area contributed by atoms with Crippen LogP contribution in [-0.4, -0.2) is 41.9 Å². The van der Waals surface area contributed by atoms with E-state index in [0.717, 1.165) is 38.6 Å². The number of piperidine rings is 1. The highest BCUT2D eigenvalue weighted by Gasteiger charge is 2.28. The predicted octanol–water partition coefficient (Wildman–Crippen LogP) is 0.775. The molecular weight excluding hydrogens is 242 g/mol. The van der Waals surface area contributed by atoms with Crippen molar-refractivity contribution in [1.82, 2.24) is 10.2 Å². The van der Waals surface area contributed by atoms with E-state index in [1.807, 2.05) is 4.90 Å². The lowest BCUT2D eigenvalue weighted by molar-refractivity contribution is -0.128. The third-order valence-corrected chi connectivity index (χ3v) is 4.26. The Kier molecular flexibility index (Phi) is 5.19. The van der Waals surface area contributed by atoms with Crippen molar-refractivity contribution in [2.75, 3.05) is 13.1 Å². The molecule has 1 heterocycles. The molecule has 0 aromatic heterocycles. The highest BCUT2D eigenvalue weighted by Crippen LogP contribution is 2.18. The molecule has 2 fully saturated rings. The van der Waals surface area contributed by atoms with Crippen LogP contribution in [0, 0.1) is 0 Å². The molecule has 3 N–H and O–H groups in total. The Morgan fingerprint density at radius 1 is 1.05 bits per heavy atom. The topological polar surface area (TPSA) is 75.4 Å². The lowest BCUT2D eigenvalue weighted by Gasteiger charge is -2.33. The van der Waals surface area contributed by atoms with E-state index in [4.69, 9.17) is 5.73 Å². The van der Waals surface area contributed by atoms with E-state index < -0.39 is 0 Å². The van der Waals surface area contributed by atoms with Crippen molar-refractivity contribution in [3.8, 4) is 0 Å². The van der Waals surface area contributed by atoms with E-state index in [2.05, 4.69) is 5.32 Å². The molecule has 2 amide bonds. The number of nitrogens with one attached hydrogen (secondary N) is 1. The summed E-state index contributed by atoms with van der Waals surface area (Å²) < 4.78 is 0. The number of hydrogen-bond donors (Lipinski definition) is 2. The van der Waals surface area contributed by atoms with E-state index in [1.54, 1.807) is 0 Å². The van der Waals surface area contributed by atoms with Crippen molar-refractivity contribution in [2.24, 2.45) is 5.73 Å².